The Hall–Kier alpha value is -3.46. The summed E-state index contributed by atoms with van der Waals surface area (Å²) in [4.78, 5) is 31.4. The van der Waals surface area contributed by atoms with Crippen LogP contribution in [0.25, 0.3) is 0 Å². The normalized spacial score (nSPS) is 13.5. The number of carbonyl (C=O) groups excluding carboxylic acids is 2. The number of pyridine rings is 1. The first-order valence-electron chi connectivity index (χ1n) is 13.0. The molecule has 2 amide bonds. The Morgan fingerprint density at radius 3 is 2.28 bits per heavy atom. The highest BCUT2D eigenvalue weighted by Gasteiger charge is 2.18. The number of primary amides is 1. The lowest BCUT2D eigenvalue weighted by Gasteiger charge is -2.32. The minimum absolute atomic E-state index is 0.183. The summed E-state index contributed by atoms with van der Waals surface area (Å²) < 4.78 is 11.1. The first-order valence-corrected chi connectivity index (χ1v) is 13.4. The van der Waals surface area contributed by atoms with Crippen molar-refractivity contribution in [1.82, 2.24) is 14.8 Å². The Labute approximate surface area is 235 Å². The predicted molar refractivity (Wildman–Crippen MR) is 153 cm³/mol. The topological polar surface area (TPSA) is 98.0 Å². The van der Waals surface area contributed by atoms with Crippen molar-refractivity contribution in [3.8, 4) is 11.6 Å². The smallest absolute Gasteiger partial charge is 0.254 e. The first kappa shape index (κ1) is 30.1. The van der Waals surface area contributed by atoms with Crippen LogP contribution in [-0.2, 0) is 16.1 Å². The third-order valence-corrected chi connectivity index (χ3v) is 6.55. The molecule has 2 heterocycles. The number of carbonyl (C=O) groups is 2. The summed E-state index contributed by atoms with van der Waals surface area (Å²) >= 11 is 5.75. The van der Waals surface area contributed by atoms with Gasteiger partial charge in [0.1, 0.15) is 11.3 Å². The molecule has 0 atom stereocenters. The molecule has 1 aliphatic heterocycles. The van der Waals surface area contributed by atoms with E-state index in [4.69, 9.17) is 26.8 Å². The lowest BCUT2D eigenvalue weighted by Crippen LogP contribution is -2.47. The fourth-order valence-electron chi connectivity index (χ4n) is 3.84. The number of aromatic nitrogens is 1. The molecular weight excluding hydrogens is 516 g/mol. The largest absolute Gasteiger partial charge is 0.438 e. The molecule has 3 aromatic rings. The van der Waals surface area contributed by atoms with E-state index in [0.717, 1.165) is 31.7 Å². The van der Waals surface area contributed by atoms with Gasteiger partial charge in [-0.25, -0.2) is 4.98 Å². The number of rotatable bonds is 9. The van der Waals surface area contributed by atoms with Gasteiger partial charge in [-0.1, -0.05) is 49.7 Å². The number of piperazine rings is 1. The Kier molecular flexibility index (Phi) is 11.7. The predicted octanol–water partition coefficient (Wildman–Crippen LogP) is 5.12. The molecular formula is C30H37ClN4O4. The fourth-order valence-corrected chi connectivity index (χ4v) is 3.96. The zero-order chi connectivity index (χ0) is 28.2. The molecule has 0 spiro atoms. The van der Waals surface area contributed by atoms with E-state index in [-0.39, 0.29) is 17.4 Å². The molecule has 9 heteroatoms. The van der Waals surface area contributed by atoms with E-state index < -0.39 is 5.91 Å². The molecule has 1 saturated heterocycles. The number of nitrogens with zero attached hydrogens (tertiary/aromatic N) is 3. The van der Waals surface area contributed by atoms with Gasteiger partial charge in [0.15, 0.2) is 0 Å². The second-order valence-corrected chi connectivity index (χ2v) is 10.1. The number of hydrogen-bond acceptors (Lipinski definition) is 6. The Morgan fingerprint density at radius 2 is 1.67 bits per heavy atom. The number of halogens is 1. The van der Waals surface area contributed by atoms with Gasteiger partial charge in [0.25, 0.3) is 5.91 Å². The minimum Gasteiger partial charge on any atom is -0.438 e. The third kappa shape index (κ3) is 9.98. The van der Waals surface area contributed by atoms with E-state index >= 15 is 0 Å². The van der Waals surface area contributed by atoms with Crippen molar-refractivity contribution in [2.45, 2.75) is 32.8 Å². The summed E-state index contributed by atoms with van der Waals surface area (Å²) in [5, 5.41) is 0.605. The van der Waals surface area contributed by atoms with Crippen molar-refractivity contribution in [3.05, 3.63) is 88.6 Å². The molecule has 8 nitrogen and oxygen atoms in total. The van der Waals surface area contributed by atoms with Crippen molar-refractivity contribution in [2.75, 3.05) is 39.8 Å². The van der Waals surface area contributed by atoms with Crippen molar-refractivity contribution in [2.24, 2.45) is 5.73 Å². The maximum absolute atomic E-state index is 12.1. The molecule has 1 fully saturated rings. The molecule has 0 radical (unpaired) electrons. The van der Waals surface area contributed by atoms with Crippen molar-refractivity contribution in [3.63, 3.8) is 0 Å². The van der Waals surface area contributed by atoms with Crippen LogP contribution in [-0.4, -0.2) is 66.4 Å². The number of ether oxygens (including phenoxy) is 2. The molecule has 208 valence electrons. The number of amides is 2. The number of hydrogen-bond donors (Lipinski definition) is 1. The molecule has 1 aliphatic rings. The Bertz CT molecular complexity index is 1190. The highest BCUT2D eigenvalue weighted by Crippen LogP contribution is 2.24. The molecule has 0 aliphatic carbocycles. The van der Waals surface area contributed by atoms with Crippen molar-refractivity contribution in [1.29, 1.82) is 0 Å². The average molecular weight is 553 g/mol. The molecule has 0 saturated carbocycles. The van der Waals surface area contributed by atoms with Crippen LogP contribution >= 0.6 is 11.6 Å². The Balaban J connectivity index is 0.000000223. The summed E-state index contributed by atoms with van der Waals surface area (Å²) in [7, 11) is 2.09. The molecule has 0 unspecified atom stereocenters. The van der Waals surface area contributed by atoms with E-state index in [1.807, 2.05) is 4.90 Å². The summed E-state index contributed by atoms with van der Waals surface area (Å²) in [6, 6.07) is 18.4. The number of benzene rings is 2. The number of likely N-dealkylation sites (N-methyl/N-ethyl adjacent to an activating group) is 1. The average Bonchev–Trinajstić information content (AvgIpc) is 2.93. The van der Waals surface area contributed by atoms with Crippen LogP contribution in [0.5, 0.6) is 11.6 Å². The lowest BCUT2D eigenvalue weighted by molar-refractivity contribution is -0.134. The van der Waals surface area contributed by atoms with E-state index in [1.165, 1.54) is 11.8 Å². The minimum atomic E-state index is -0.581. The van der Waals surface area contributed by atoms with Crippen molar-refractivity contribution < 1.29 is 19.1 Å². The summed E-state index contributed by atoms with van der Waals surface area (Å²) in [5.74, 6) is 0.902. The summed E-state index contributed by atoms with van der Waals surface area (Å²) in [5.41, 5.74) is 7.96. The van der Waals surface area contributed by atoms with Gasteiger partial charge >= 0.3 is 0 Å². The van der Waals surface area contributed by atoms with Crippen LogP contribution in [0, 0.1) is 0 Å². The standard InChI is InChI=1S/C18H28N2O2.C12H9ClN2O2/c1-15(2)17-6-4-16(5-7-17)14-22-13-8-18(21)20-11-9-19(3)10-12-20;13-8-3-5-9(6-4-8)17-12-10(11(14)16)2-1-7-15-12/h4-7,15H,8-14H2,1-3H3;1-7H,(H2,14,16). The molecule has 2 aromatic carbocycles. The van der Waals surface area contributed by atoms with Crippen molar-refractivity contribution >= 4 is 23.4 Å². The van der Waals surface area contributed by atoms with E-state index in [2.05, 4.69) is 55.0 Å². The van der Waals surface area contributed by atoms with Gasteiger partial charge < -0.3 is 25.0 Å². The lowest BCUT2D eigenvalue weighted by atomic mass is 10.0. The van der Waals surface area contributed by atoms with Crippen LogP contribution in [0.3, 0.4) is 0 Å². The van der Waals surface area contributed by atoms with Gasteiger partial charge in [-0.15, -0.1) is 0 Å². The highest BCUT2D eigenvalue weighted by atomic mass is 35.5. The maximum Gasteiger partial charge on any atom is 0.254 e. The zero-order valence-electron chi connectivity index (χ0n) is 22.8. The maximum atomic E-state index is 12.1. The molecule has 2 N–H and O–H groups in total. The van der Waals surface area contributed by atoms with E-state index in [0.29, 0.717) is 36.3 Å². The van der Waals surface area contributed by atoms with Gasteiger partial charge in [-0.05, 0) is 60.5 Å². The number of nitrogens with two attached hydrogens (primary N) is 1. The monoisotopic (exact) mass is 552 g/mol. The van der Waals surface area contributed by atoms with Crippen LogP contribution in [0.15, 0.2) is 66.9 Å². The molecule has 0 bridgehead atoms. The summed E-state index contributed by atoms with van der Waals surface area (Å²) in [6.07, 6.45) is 2.01. The van der Waals surface area contributed by atoms with Crippen LogP contribution in [0.2, 0.25) is 5.02 Å². The Morgan fingerprint density at radius 1 is 1.00 bits per heavy atom. The first-order chi connectivity index (χ1) is 18.7. The molecule has 4 rings (SSSR count). The molecule has 39 heavy (non-hydrogen) atoms. The SMILES string of the molecule is CC(C)c1ccc(COCCC(=O)N2CCN(C)CC2)cc1.NC(=O)c1cccnc1Oc1ccc(Cl)cc1. The van der Waals surface area contributed by atoms with Gasteiger partial charge in [0.2, 0.25) is 11.8 Å². The second kappa shape index (κ2) is 15.2. The quantitative estimate of drug-likeness (QED) is 0.370. The van der Waals surface area contributed by atoms with Crippen LogP contribution in [0.1, 0.15) is 47.7 Å². The summed E-state index contributed by atoms with van der Waals surface area (Å²) in [6.45, 7) is 9.07. The van der Waals surface area contributed by atoms with Crippen LogP contribution in [0.4, 0.5) is 0 Å². The van der Waals surface area contributed by atoms with E-state index in [1.54, 1.807) is 36.4 Å². The van der Waals surface area contributed by atoms with Gasteiger partial charge in [0, 0.05) is 37.4 Å². The molecule has 1 aromatic heterocycles. The third-order valence-electron chi connectivity index (χ3n) is 6.30. The van der Waals surface area contributed by atoms with Gasteiger partial charge in [-0.3, -0.25) is 9.59 Å². The van der Waals surface area contributed by atoms with E-state index in [9.17, 15) is 9.59 Å². The van der Waals surface area contributed by atoms with Gasteiger partial charge in [-0.2, -0.15) is 0 Å². The highest BCUT2D eigenvalue weighted by molar-refractivity contribution is 6.30. The second-order valence-electron chi connectivity index (χ2n) is 9.66. The zero-order valence-corrected chi connectivity index (χ0v) is 23.6. The van der Waals surface area contributed by atoms with Crippen LogP contribution < -0.4 is 10.5 Å². The van der Waals surface area contributed by atoms with Gasteiger partial charge in [0.05, 0.1) is 19.6 Å². The fraction of sp³-hybridized carbons (Fsp3) is 0.367.